The minimum Gasteiger partial charge on any atom is -0.502 e. The number of hydrogen-bond donors (Lipinski definition) is 0. The number of carbonyl (C=O) groups excluding carboxylic acids is 6. The highest BCUT2D eigenvalue weighted by molar-refractivity contribution is 6.27. The molecule has 0 aliphatic heterocycles. The van der Waals surface area contributed by atoms with E-state index in [0.29, 0.717) is 114 Å². The van der Waals surface area contributed by atoms with E-state index in [2.05, 4.69) is 39.5 Å². The summed E-state index contributed by atoms with van der Waals surface area (Å²) in [5, 5.41) is 1.37. The van der Waals surface area contributed by atoms with Crippen molar-refractivity contribution >= 4 is 68.1 Å². The Morgan fingerprint density at radius 2 is 0.310 bits per heavy atom. The second-order valence-electron chi connectivity index (χ2n) is 28.7. The molecular formula is C102H108O24. The Balaban J connectivity index is 1.13. The van der Waals surface area contributed by atoms with Crippen molar-refractivity contribution < 1.29 is 114 Å². The number of rotatable bonds is 60. The fourth-order valence-corrected chi connectivity index (χ4v) is 13.0. The average molecular weight is 1720 g/mol. The predicted octanol–water partition coefficient (Wildman–Crippen LogP) is 22.7. The van der Waals surface area contributed by atoms with Crippen LogP contribution in [0.5, 0.6) is 69.0 Å². The van der Waals surface area contributed by atoms with Gasteiger partial charge in [-0.1, -0.05) is 39.5 Å². The lowest BCUT2D eigenvalue weighted by Crippen LogP contribution is -2.14. The summed E-state index contributed by atoms with van der Waals surface area (Å²) in [5.41, 5.74) is 0.491. The lowest BCUT2D eigenvalue weighted by atomic mass is 9.93. The molecule has 0 atom stereocenters. The number of unbranched alkanes of at least 4 members (excludes halogenated alkanes) is 12. The first-order chi connectivity index (χ1) is 61.8. The Hall–Kier alpha value is -14.2. The van der Waals surface area contributed by atoms with Gasteiger partial charge in [0.05, 0.1) is 150 Å². The van der Waals surface area contributed by atoms with Crippen LogP contribution in [0.25, 0.3) is 32.3 Å². The maximum absolute atomic E-state index is 14.9. The summed E-state index contributed by atoms with van der Waals surface area (Å²) < 4.78 is 106. The fraction of sp³-hybridized carbons (Fsp3) is 0.294. The summed E-state index contributed by atoms with van der Waals surface area (Å²) in [4.78, 5) is 89.3. The van der Waals surface area contributed by atoms with E-state index < -0.39 is 35.8 Å². The van der Waals surface area contributed by atoms with Gasteiger partial charge in [-0.25, -0.2) is 28.8 Å². The third-order valence-electron chi connectivity index (χ3n) is 19.6. The van der Waals surface area contributed by atoms with Gasteiger partial charge >= 0.3 is 35.8 Å². The maximum Gasteiger partial charge on any atom is 0.343 e. The first-order valence-electron chi connectivity index (χ1n) is 42.4. The van der Waals surface area contributed by atoms with Crippen LogP contribution in [0.1, 0.15) is 178 Å². The molecule has 0 saturated heterocycles. The number of benzene rings is 10. The van der Waals surface area contributed by atoms with E-state index in [-0.39, 0.29) is 100 Å². The van der Waals surface area contributed by atoms with Crippen molar-refractivity contribution in [2.24, 2.45) is 0 Å². The first kappa shape index (κ1) is 94.1. The predicted molar refractivity (Wildman–Crippen MR) is 480 cm³/mol. The van der Waals surface area contributed by atoms with E-state index in [1.807, 2.05) is 0 Å². The zero-order valence-corrected chi connectivity index (χ0v) is 71.0. The van der Waals surface area contributed by atoms with Crippen molar-refractivity contribution in [2.45, 2.75) is 116 Å². The largest absolute Gasteiger partial charge is 0.502 e. The molecule has 0 radical (unpaired) electrons. The highest BCUT2D eigenvalue weighted by atomic mass is 16.6. The normalized spacial score (nSPS) is 10.8. The van der Waals surface area contributed by atoms with Gasteiger partial charge in [0.2, 0.25) is 0 Å². The van der Waals surface area contributed by atoms with Crippen molar-refractivity contribution in [3.63, 3.8) is 0 Å². The highest BCUT2D eigenvalue weighted by Gasteiger charge is 2.28. The van der Waals surface area contributed by atoms with Crippen LogP contribution < -0.4 is 56.8 Å². The van der Waals surface area contributed by atoms with Crippen molar-refractivity contribution in [2.75, 3.05) is 79.3 Å². The molecule has 0 N–H and O–H groups in total. The van der Waals surface area contributed by atoms with Gasteiger partial charge in [0.1, 0.15) is 34.5 Å². The number of hydrogen-bond acceptors (Lipinski definition) is 24. The Labute approximate surface area is 734 Å². The molecule has 0 unspecified atom stereocenters. The van der Waals surface area contributed by atoms with E-state index in [0.717, 1.165) is 116 Å². The van der Waals surface area contributed by atoms with Gasteiger partial charge in [-0.05, 0) is 330 Å². The van der Waals surface area contributed by atoms with Crippen LogP contribution in [0, 0.1) is 0 Å². The zero-order valence-electron chi connectivity index (χ0n) is 71.0. The van der Waals surface area contributed by atoms with Crippen LogP contribution in [0.2, 0.25) is 0 Å². The maximum atomic E-state index is 14.9. The number of fused-ring (bicyclic) bond motifs is 6. The van der Waals surface area contributed by atoms with Crippen molar-refractivity contribution in [3.05, 3.63) is 292 Å². The smallest absolute Gasteiger partial charge is 0.343 e. The topological polar surface area (TPSA) is 269 Å². The fourth-order valence-electron chi connectivity index (χ4n) is 13.0. The molecule has 0 saturated carbocycles. The molecule has 0 fully saturated rings. The van der Waals surface area contributed by atoms with Gasteiger partial charge in [0, 0.05) is 0 Å². The van der Waals surface area contributed by atoms with Crippen molar-refractivity contribution in [1.29, 1.82) is 0 Å². The Kier molecular flexibility index (Phi) is 39.1. The standard InChI is InChI=1S/C102H108O24/c1-7-109-55-19-13-25-61-115-79-43-31-73(32-44-79)97(103)121-91-67-85-86(68-92(91)122-98(104)74-33-45-80(46-34-74)116-62-26-14-20-56-110-8-2)88-70-94(124-100(106)76-37-49-82(50-38-76)118-64-28-16-22-58-112-10-4)96(126-102(108)78-41-53-84(54-42-78)120-66-30-18-24-60-114-12-6)72-90(88)89-71-95(125-101(107)77-39-51-83(52-40-77)119-65-29-17-23-59-113-11-5)93(69-87(85)89)123-99(105)75-35-47-81(48-36-75)117-63-27-15-21-57-111-9-3/h7-12,31-54,67-72H,1-6,13-30,55-66H2. The van der Waals surface area contributed by atoms with E-state index >= 15 is 0 Å². The Morgan fingerprint density at radius 3 is 0.437 bits per heavy atom. The lowest BCUT2D eigenvalue weighted by Gasteiger charge is -2.19. The minimum absolute atomic E-state index is 0.0818. The lowest BCUT2D eigenvalue weighted by molar-refractivity contribution is 0.0682. The molecule has 0 aromatic heterocycles. The van der Waals surface area contributed by atoms with Crippen LogP contribution >= 0.6 is 0 Å². The second kappa shape index (κ2) is 52.3. The van der Waals surface area contributed by atoms with E-state index in [1.54, 1.807) is 72.8 Å². The van der Waals surface area contributed by atoms with Crippen LogP contribution in [-0.4, -0.2) is 115 Å². The van der Waals surface area contributed by atoms with Crippen molar-refractivity contribution in [3.8, 4) is 69.0 Å². The van der Waals surface area contributed by atoms with Crippen LogP contribution in [-0.2, 0) is 28.4 Å². The summed E-state index contributed by atoms with van der Waals surface area (Å²) in [6.45, 7) is 27.2. The molecule has 10 aromatic carbocycles. The molecule has 0 spiro atoms. The van der Waals surface area contributed by atoms with Gasteiger partial charge < -0.3 is 85.3 Å². The van der Waals surface area contributed by atoms with Gasteiger partial charge in [0.25, 0.3) is 0 Å². The molecule has 660 valence electrons. The van der Waals surface area contributed by atoms with Gasteiger partial charge in [-0.15, -0.1) is 0 Å². The zero-order chi connectivity index (χ0) is 88.7. The summed E-state index contributed by atoms with van der Waals surface area (Å²) in [6, 6.07) is 46.8. The summed E-state index contributed by atoms with van der Waals surface area (Å²) in [5.74, 6) is -4.03. The molecule has 24 heteroatoms. The van der Waals surface area contributed by atoms with Gasteiger partial charge in [-0.2, -0.15) is 0 Å². The Bertz CT molecular complexity index is 4350. The molecule has 0 amide bonds. The van der Waals surface area contributed by atoms with E-state index in [1.165, 1.54) is 147 Å². The number of esters is 6. The van der Waals surface area contributed by atoms with E-state index in [9.17, 15) is 28.8 Å². The first-order valence-corrected chi connectivity index (χ1v) is 42.4. The van der Waals surface area contributed by atoms with Crippen LogP contribution in [0.3, 0.4) is 0 Å². The number of ether oxygens (including phenoxy) is 18. The quantitative estimate of drug-likeness (QED) is 0.0113. The summed E-state index contributed by atoms with van der Waals surface area (Å²) in [7, 11) is 0. The molecule has 0 aliphatic carbocycles. The third kappa shape index (κ3) is 30.1. The third-order valence-corrected chi connectivity index (χ3v) is 19.6. The van der Waals surface area contributed by atoms with E-state index in [4.69, 9.17) is 85.3 Å². The molecule has 0 aliphatic rings. The molecule has 10 aromatic rings. The molecule has 0 heterocycles. The minimum atomic E-state index is -0.880. The SMILES string of the molecule is C=COCCCCCOc1ccc(C(=O)Oc2cc3c4cc(OC(=O)c5ccc(OCCCCCOC=C)cc5)c(OC(=O)c5ccc(OCCCCCOC=C)cc5)cc4c4cc(OC(=O)c5ccc(OCCCCCOC=C)cc5)c(OC(=O)c5ccc(OCCCCCOC=C)cc5)cc4c3cc2OC(=O)c2ccc(OCCCCCOC=C)cc2)cc1. The monoisotopic (exact) mass is 1720 g/mol. The van der Waals surface area contributed by atoms with Crippen LogP contribution in [0.4, 0.5) is 0 Å². The van der Waals surface area contributed by atoms with Crippen LogP contribution in [0.15, 0.2) is 259 Å². The second-order valence-corrected chi connectivity index (χ2v) is 28.7. The number of carbonyl (C=O) groups is 6. The Morgan fingerprint density at radius 1 is 0.183 bits per heavy atom. The molecule has 10 rings (SSSR count). The van der Waals surface area contributed by atoms with Gasteiger partial charge in [0.15, 0.2) is 34.5 Å². The molecule has 24 nitrogen and oxygen atoms in total. The summed E-state index contributed by atoms with van der Waals surface area (Å²) >= 11 is 0. The summed E-state index contributed by atoms with van der Waals surface area (Å²) in [6.07, 6.45) is 22.7. The average Bonchev–Trinajstić information content (AvgIpc) is 0.721. The molecule has 0 bridgehead atoms. The molecule has 126 heavy (non-hydrogen) atoms. The highest BCUT2D eigenvalue weighted by Crippen LogP contribution is 2.48. The molecular weight excluding hydrogens is 1610 g/mol. The van der Waals surface area contributed by atoms with Crippen molar-refractivity contribution in [1.82, 2.24) is 0 Å². The van der Waals surface area contributed by atoms with Gasteiger partial charge in [-0.3, -0.25) is 0 Å².